The Morgan fingerprint density at radius 3 is 2.48 bits per heavy atom. The van der Waals surface area contributed by atoms with Crippen LogP contribution in [0.3, 0.4) is 0 Å². The smallest absolute Gasteiger partial charge is 0.506 e. The Hall–Kier alpha value is -1.83. The monoisotopic (exact) mass is 354 g/mol. The minimum atomic E-state index is 0. The average Bonchev–Trinajstić information content (AvgIpc) is 2.91. The number of benzene rings is 2. The second kappa shape index (κ2) is 8.45. The predicted molar refractivity (Wildman–Crippen MR) is 79.1 cm³/mol. The topological polar surface area (TPSA) is 121 Å². The van der Waals surface area contributed by atoms with E-state index in [1.807, 2.05) is 35.7 Å². The molecule has 5 N–H and O–H groups in total. The van der Waals surface area contributed by atoms with Crippen LogP contribution in [0, 0.1) is 0 Å². The van der Waals surface area contributed by atoms with Crippen LogP contribution in [0.2, 0.25) is 0 Å². The maximum atomic E-state index is 9.87. The molecule has 2 aromatic carbocycles. The van der Waals surface area contributed by atoms with Gasteiger partial charge in [-0.2, -0.15) is 0 Å². The number of aromatic hydroxyl groups is 1. The molecule has 114 valence electrons. The van der Waals surface area contributed by atoms with Gasteiger partial charge in [0, 0.05) is 17.0 Å². The first-order chi connectivity index (χ1) is 8.84. The number of thiazole rings is 1. The summed E-state index contributed by atoms with van der Waals surface area (Å²) in [5.74, 6) is 0.119. The number of nitrogens with zero attached hydrogens (tertiary/aromatic N) is 3. The van der Waals surface area contributed by atoms with Crippen LogP contribution >= 0.6 is 11.3 Å². The summed E-state index contributed by atoms with van der Waals surface area (Å²) in [7, 11) is 0. The molecule has 0 bridgehead atoms. The number of phenols is 1. The molecule has 0 aliphatic rings. The SMILES string of the molecule is O.O.Oc1ccc2ccccc2c1N=Nc1nccs1.[Cu+]. The fourth-order valence-electron chi connectivity index (χ4n) is 1.71. The normalized spacial score (nSPS) is 9.71. The van der Waals surface area contributed by atoms with Crippen LogP contribution in [0.5, 0.6) is 5.75 Å². The van der Waals surface area contributed by atoms with E-state index >= 15 is 0 Å². The van der Waals surface area contributed by atoms with Crippen molar-refractivity contribution < 1.29 is 33.1 Å². The molecule has 0 unspecified atom stereocenters. The van der Waals surface area contributed by atoms with E-state index < -0.39 is 0 Å². The average molecular weight is 355 g/mol. The van der Waals surface area contributed by atoms with Crippen molar-refractivity contribution in [1.82, 2.24) is 4.98 Å². The van der Waals surface area contributed by atoms with Gasteiger partial charge in [-0.05, 0) is 11.5 Å². The Morgan fingerprint density at radius 2 is 1.76 bits per heavy atom. The van der Waals surface area contributed by atoms with Gasteiger partial charge < -0.3 is 16.1 Å². The third-order valence-corrected chi connectivity index (χ3v) is 3.19. The van der Waals surface area contributed by atoms with Gasteiger partial charge in [-0.1, -0.05) is 30.3 Å². The summed E-state index contributed by atoms with van der Waals surface area (Å²) in [4.78, 5) is 4.02. The van der Waals surface area contributed by atoms with Gasteiger partial charge in [-0.15, -0.1) is 21.6 Å². The van der Waals surface area contributed by atoms with Crippen molar-refractivity contribution in [2.24, 2.45) is 10.2 Å². The molecule has 1 aromatic heterocycles. The van der Waals surface area contributed by atoms with E-state index in [1.54, 1.807) is 12.3 Å². The van der Waals surface area contributed by atoms with Gasteiger partial charge in [0.25, 0.3) is 0 Å². The van der Waals surface area contributed by atoms with Crippen LogP contribution in [-0.2, 0) is 17.1 Å². The van der Waals surface area contributed by atoms with Gasteiger partial charge in [-0.25, -0.2) is 4.98 Å². The van der Waals surface area contributed by atoms with Crippen LogP contribution in [0.25, 0.3) is 10.8 Å². The molecule has 0 fully saturated rings. The molecule has 3 aromatic rings. The minimum absolute atomic E-state index is 0. The summed E-state index contributed by atoms with van der Waals surface area (Å²) in [6.07, 6.45) is 1.67. The number of rotatable bonds is 2. The summed E-state index contributed by atoms with van der Waals surface area (Å²) in [5.41, 5.74) is 0.475. The molecule has 0 aliphatic carbocycles. The molecule has 0 spiro atoms. The summed E-state index contributed by atoms with van der Waals surface area (Å²) < 4.78 is 0. The van der Waals surface area contributed by atoms with Gasteiger partial charge >= 0.3 is 17.1 Å². The molecule has 0 atom stereocenters. The molecule has 0 radical (unpaired) electrons. The number of aromatic nitrogens is 1. The van der Waals surface area contributed by atoms with Crippen LogP contribution in [0.1, 0.15) is 0 Å². The van der Waals surface area contributed by atoms with Gasteiger partial charge in [0.2, 0.25) is 5.13 Å². The number of phenolic OH excluding ortho intramolecular Hbond substituents is 1. The molecular weight excluding hydrogens is 342 g/mol. The standard InChI is InChI=1S/C13H9N3OS.Cu.2H2O/c17-11-6-5-9-3-1-2-4-10(9)12(11)15-16-13-14-7-8-18-13;;;/h1-8,17H;;2*1H2/q;+1;;. The van der Waals surface area contributed by atoms with Crippen molar-refractivity contribution in [2.75, 3.05) is 0 Å². The van der Waals surface area contributed by atoms with Crippen molar-refractivity contribution in [3.05, 3.63) is 48.0 Å². The number of azo groups is 1. The van der Waals surface area contributed by atoms with Crippen LogP contribution < -0.4 is 0 Å². The first-order valence-electron chi connectivity index (χ1n) is 5.36. The molecule has 21 heavy (non-hydrogen) atoms. The van der Waals surface area contributed by atoms with Crippen LogP contribution in [0.4, 0.5) is 10.8 Å². The van der Waals surface area contributed by atoms with Crippen molar-refractivity contribution in [3.63, 3.8) is 0 Å². The van der Waals surface area contributed by atoms with Crippen LogP contribution in [0.15, 0.2) is 58.2 Å². The summed E-state index contributed by atoms with van der Waals surface area (Å²) in [6.45, 7) is 0. The quantitative estimate of drug-likeness (QED) is 0.562. The van der Waals surface area contributed by atoms with Crippen molar-refractivity contribution in [1.29, 1.82) is 0 Å². The van der Waals surface area contributed by atoms with Crippen molar-refractivity contribution >= 4 is 32.9 Å². The molecular formula is C13H13CuN3O3S+. The fraction of sp³-hybridized carbons (Fsp3) is 0. The van der Waals surface area contributed by atoms with E-state index in [2.05, 4.69) is 15.2 Å². The number of hydrogen-bond acceptors (Lipinski definition) is 5. The Morgan fingerprint density at radius 1 is 1.00 bits per heavy atom. The third-order valence-electron chi connectivity index (χ3n) is 2.53. The van der Waals surface area contributed by atoms with Crippen molar-refractivity contribution in [2.45, 2.75) is 0 Å². The summed E-state index contributed by atoms with van der Waals surface area (Å²) in [6, 6.07) is 11.2. The van der Waals surface area contributed by atoms with Gasteiger partial charge in [0.1, 0.15) is 11.4 Å². The minimum Gasteiger partial charge on any atom is -0.506 e. The second-order valence-corrected chi connectivity index (χ2v) is 4.54. The maximum absolute atomic E-state index is 9.87. The molecule has 8 heteroatoms. The molecule has 1 heterocycles. The van der Waals surface area contributed by atoms with Gasteiger partial charge in [-0.3, -0.25) is 0 Å². The zero-order chi connectivity index (χ0) is 12.4. The van der Waals surface area contributed by atoms with Gasteiger partial charge in [0.05, 0.1) is 0 Å². The van der Waals surface area contributed by atoms with E-state index in [0.29, 0.717) is 10.8 Å². The second-order valence-electron chi connectivity index (χ2n) is 3.67. The molecule has 0 aliphatic heterocycles. The zero-order valence-corrected chi connectivity index (χ0v) is 12.4. The Labute approximate surface area is 135 Å². The van der Waals surface area contributed by atoms with Gasteiger partial charge in [0.15, 0.2) is 0 Å². The van der Waals surface area contributed by atoms with Crippen molar-refractivity contribution in [3.8, 4) is 5.75 Å². The molecule has 0 saturated heterocycles. The molecule has 0 saturated carbocycles. The fourth-order valence-corrected chi connectivity index (χ4v) is 2.16. The number of hydrogen-bond donors (Lipinski definition) is 1. The Balaban J connectivity index is 0.00000133. The molecule has 0 amide bonds. The predicted octanol–water partition coefficient (Wildman–Crippen LogP) is 2.77. The largest absolute Gasteiger partial charge is 1.00 e. The van der Waals surface area contributed by atoms with E-state index in [0.717, 1.165) is 10.8 Å². The summed E-state index contributed by atoms with van der Waals surface area (Å²) >= 11 is 1.40. The van der Waals surface area contributed by atoms with E-state index in [1.165, 1.54) is 11.3 Å². The first kappa shape index (κ1) is 19.2. The van der Waals surface area contributed by atoms with E-state index in [4.69, 9.17) is 0 Å². The Bertz CT molecular complexity index is 720. The van der Waals surface area contributed by atoms with E-state index in [9.17, 15) is 5.11 Å². The molecule has 6 nitrogen and oxygen atoms in total. The number of fused-ring (bicyclic) bond motifs is 1. The zero-order valence-electron chi connectivity index (χ0n) is 10.6. The Kier molecular flexibility index (Phi) is 7.72. The first-order valence-corrected chi connectivity index (χ1v) is 6.24. The van der Waals surface area contributed by atoms with E-state index in [-0.39, 0.29) is 33.8 Å². The van der Waals surface area contributed by atoms with Crippen LogP contribution in [-0.4, -0.2) is 21.0 Å². The summed E-state index contributed by atoms with van der Waals surface area (Å²) in [5, 5.41) is 22.3. The third kappa shape index (κ3) is 4.07. The molecule has 3 rings (SSSR count). The maximum Gasteiger partial charge on any atom is 1.00 e.